The fraction of sp³-hybridized carbons (Fsp3) is 0.222. The maximum atomic E-state index is 3.83. The van der Waals surface area contributed by atoms with Gasteiger partial charge in [-0.15, -0.1) is 0 Å². The van der Waals surface area contributed by atoms with Crippen molar-refractivity contribution < 1.29 is 0 Å². The molecule has 3 heteroatoms. The third-order valence-corrected chi connectivity index (χ3v) is 1.39. The van der Waals surface area contributed by atoms with Gasteiger partial charge in [-0.2, -0.15) is 5.10 Å². The summed E-state index contributed by atoms with van der Waals surface area (Å²) >= 11 is 0. The van der Waals surface area contributed by atoms with Crippen LogP contribution in [0.1, 0.15) is 13.8 Å². The number of hydrogen-bond acceptors (Lipinski definition) is 1. The van der Waals surface area contributed by atoms with Crippen LogP contribution in [-0.4, -0.2) is 15.2 Å². The summed E-state index contributed by atoms with van der Waals surface area (Å²) in [5, 5.41) is 6.69. The molecule has 0 aliphatic heterocycles. The van der Waals surface area contributed by atoms with Crippen molar-refractivity contribution in [3.05, 3.63) is 30.6 Å². The van der Waals surface area contributed by atoms with Crippen molar-refractivity contribution in [1.29, 1.82) is 0 Å². The molecule has 0 atom stereocenters. The molecule has 2 N–H and O–H groups in total. The van der Waals surface area contributed by atoms with Crippen LogP contribution in [0.5, 0.6) is 0 Å². The second-order valence-electron chi connectivity index (χ2n) is 2.05. The van der Waals surface area contributed by atoms with Gasteiger partial charge >= 0.3 is 0 Å². The molecule has 0 amide bonds. The molecule has 12 heavy (non-hydrogen) atoms. The third-order valence-electron chi connectivity index (χ3n) is 1.39. The first kappa shape index (κ1) is 8.59. The summed E-state index contributed by atoms with van der Waals surface area (Å²) < 4.78 is 0. The van der Waals surface area contributed by atoms with E-state index in [2.05, 4.69) is 15.2 Å². The van der Waals surface area contributed by atoms with Crippen LogP contribution >= 0.6 is 0 Å². The molecule has 3 nitrogen and oxygen atoms in total. The van der Waals surface area contributed by atoms with Crippen molar-refractivity contribution in [2.24, 2.45) is 0 Å². The van der Waals surface area contributed by atoms with Crippen molar-refractivity contribution in [1.82, 2.24) is 15.2 Å². The van der Waals surface area contributed by atoms with E-state index in [-0.39, 0.29) is 0 Å². The monoisotopic (exact) mass is 163 g/mol. The molecule has 0 fully saturated rings. The minimum atomic E-state index is 1.02. The van der Waals surface area contributed by atoms with Gasteiger partial charge in [0.15, 0.2) is 0 Å². The lowest BCUT2D eigenvalue weighted by Crippen LogP contribution is -1.74. The zero-order valence-electron chi connectivity index (χ0n) is 7.33. The summed E-state index contributed by atoms with van der Waals surface area (Å²) in [5.41, 5.74) is 2.09. The lowest BCUT2D eigenvalue weighted by molar-refractivity contribution is 1.09. The van der Waals surface area contributed by atoms with E-state index in [4.69, 9.17) is 0 Å². The number of aromatic amines is 2. The van der Waals surface area contributed by atoms with Crippen molar-refractivity contribution in [2.75, 3.05) is 0 Å². The van der Waals surface area contributed by atoms with Gasteiger partial charge < -0.3 is 4.98 Å². The molecule has 0 aromatic carbocycles. The molecule has 0 unspecified atom stereocenters. The molecule has 0 spiro atoms. The van der Waals surface area contributed by atoms with Gasteiger partial charge in [0.2, 0.25) is 0 Å². The Labute approximate surface area is 71.8 Å². The van der Waals surface area contributed by atoms with Crippen LogP contribution in [0.2, 0.25) is 0 Å². The van der Waals surface area contributed by atoms with Gasteiger partial charge in [0.25, 0.3) is 0 Å². The largest absolute Gasteiger partial charge is 0.360 e. The van der Waals surface area contributed by atoms with E-state index in [0.29, 0.717) is 0 Å². The Kier molecular flexibility index (Phi) is 3.14. The van der Waals surface area contributed by atoms with Gasteiger partial charge in [-0.1, -0.05) is 13.8 Å². The summed E-state index contributed by atoms with van der Waals surface area (Å²) in [4.78, 5) is 3.07. The Bertz CT molecular complexity index is 249. The SMILES string of the molecule is CC.c1c[nH]c(-c2ccn[nH]2)c1. The van der Waals surface area contributed by atoms with Crippen molar-refractivity contribution in [2.45, 2.75) is 13.8 Å². The van der Waals surface area contributed by atoms with Crippen molar-refractivity contribution in [3.8, 4) is 11.4 Å². The molecule has 0 saturated carbocycles. The Morgan fingerprint density at radius 3 is 2.50 bits per heavy atom. The average Bonchev–Trinajstić information content (AvgIpc) is 2.80. The first-order valence-electron chi connectivity index (χ1n) is 4.10. The second-order valence-corrected chi connectivity index (χ2v) is 2.05. The summed E-state index contributed by atoms with van der Waals surface area (Å²) in [7, 11) is 0. The Morgan fingerprint density at radius 1 is 1.17 bits per heavy atom. The highest BCUT2D eigenvalue weighted by atomic mass is 15.1. The Morgan fingerprint density at radius 2 is 2.00 bits per heavy atom. The lowest BCUT2D eigenvalue weighted by atomic mass is 10.3. The lowest BCUT2D eigenvalue weighted by Gasteiger charge is -1.87. The number of nitrogens with zero attached hydrogens (tertiary/aromatic N) is 1. The van der Waals surface area contributed by atoms with Crippen LogP contribution in [0.3, 0.4) is 0 Å². The van der Waals surface area contributed by atoms with E-state index < -0.39 is 0 Å². The van der Waals surface area contributed by atoms with Gasteiger partial charge in [-0.25, -0.2) is 0 Å². The quantitative estimate of drug-likeness (QED) is 0.666. The molecule has 0 radical (unpaired) electrons. The number of rotatable bonds is 1. The first-order chi connectivity index (χ1) is 5.97. The smallest absolute Gasteiger partial charge is 0.0812 e. The summed E-state index contributed by atoms with van der Waals surface area (Å²) in [6.07, 6.45) is 3.62. The minimum Gasteiger partial charge on any atom is -0.360 e. The minimum absolute atomic E-state index is 1.02. The molecule has 0 aliphatic carbocycles. The van der Waals surface area contributed by atoms with Crippen LogP contribution in [0.25, 0.3) is 11.4 Å². The van der Waals surface area contributed by atoms with Crippen LogP contribution < -0.4 is 0 Å². The van der Waals surface area contributed by atoms with Crippen molar-refractivity contribution >= 4 is 0 Å². The predicted molar refractivity (Wildman–Crippen MR) is 49.7 cm³/mol. The zero-order chi connectivity index (χ0) is 8.81. The fourth-order valence-electron chi connectivity index (χ4n) is 0.904. The molecule has 2 aromatic rings. The summed E-state index contributed by atoms with van der Waals surface area (Å²) in [6, 6.07) is 5.87. The highest BCUT2D eigenvalue weighted by Crippen LogP contribution is 2.11. The molecule has 0 aliphatic rings. The third kappa shape index (κ3) is 1.75. The standard InChI is InChI=1S/C7H7N3.C2H6/c1-2-6(8-4-1)7-3-5-9-10-7;1-2/h1-5,8H,(H,9,10);1-2H3. The molecular formula is C9H13N3. The maximum Gasteiger partial charge on any atom is 0.0812 e. The molecule has 2 rings (SSSR count). The Balaban J connectivity index is 0.000000336. The number of nitrogens with one attached hydrogen (secondary N) is 2. The van der Waals surface area contributed by atoms with Gasteiger partial charge in [0.05, 0.1) is 11.4 Å². The highest BCUT2D eigenvalue weighted by Gasteiger charge is 1.95. The maximum absolute atomic E-state index is 3.83. The van der Waals surface area contributed by atoms with E-state index in [1.165, 1.54) is 0 Å². The Hall–Kier alpha value is -1.51. The molecular weight excluding hydrogens is 150 g/mol. The summed E-state index contributed by atoms with van der Waals surface area (Å²) in [5.74, 6) is 0. The van der Waals surface area contributed by atoms with Crippen molar-refractivity contribution in [3.63, 3.8) is 0 Å². The van der Waals surface area contributed by atoms with Crippen LogP contribution in [-0.2, 0) is 0 Å². The number of H-pyrrole nitrogens is 2. The van der Waals surface area contributed by atoms with Gasteiger partial charge in [0.1, 0.15) is 0 Å². The average molecular weight is 163 g/mol. The number of hydrogen-bond donors (Lipinski definition) is 2. The molecule has 64 valence electrons. The molecule has 0 bridgehead atoms. The number of aromatic nitrogens is 3. The molecule has 2 heterocycles. The molecule has 2 aromatic heterocycles. The van der Waals surface area contributed by atoms with E-state index >= 15 is 0 Å². The van der Waals surface area contributed by atoms with E-state index in [1.807, 2.05) is 38.2 Å². The van der Waals surface area contributed by atoms with E-state index in [1.54, 1.807) is 6.20 Å². The normalized spacial score (nSPS) is 8.83. The van der Waals surface area contributed by atoms with Gasteiger partial charge in [0, 0.05) is 12.4 Å². The second kappa shape index (κ2) is 4.38. The van der Waals surface area contributed by atoms with Crippen LogP contribution in [0.15, 0.2) is 30.6 Å². The molecule has 0 saturated heterocycles. The first-order valence-corrected chi connectivity index (χ1v) is 4.10. The van der Waals surface area contributed by atoms with E-state index in [9.17, 15) is 0 Å². The van der Waals surface area contributed by atoms with Crippen LogP contribution in [0.4, 0.5) is 0 Å². The predicted octanol–water partition coefficient (Wildman–Crippen LogP) is 2.43. The van der Waals surface area contributed by atoms with Gasteiger partial charge in [-0.05, 0) is 18.2 Å². The van der Waals surface area contributed by atoms with Gasteiger partial charge in [-0.3, -0.25) is 5.10 Å². The fourth-order valence-corrected chi connectivity index (χ4v) is 0.904. The summed E-state index contributed by atoms with van der Waals surface area (Å²) in [6.45, 7) is 4.00. The topological polar surface area (TPSA) is 44.5 Å². The van der Waals surface area contributed by atoms with Crippen LogP contribution in [0, 0.1) is 0 Å². The van der Waals surface area contributed by atoms with E-state index in [0.717, 1.165) is 11.4 Å². The highest BCUT2D eigenvalue weighted by molar-refractivity contribution is 5.52. The zero-order valence-corrected chi connectivity index (χ0v) is 7.33.